The van der Waals surface area contributed by atoms with Crippen LogP contribution in [0, 0.1) is 0 Å². The molecule has 0 amide bonds. The Morgan fingerprint density at radius 2 is 2.00 bits per heavy atom. The molecule has 0 aliphatic carbocycles. The molecule has 1 N–H and O–H groups in total. The molecule has 0 fully saturated rings. The Bertz CT molecular complexity index is 370. The summed E-state index contributed by atoms with van der Waals surface area (Å²) in [6, 6.07) is 0.401. The Labute approximate surface area is 118 Å². The van der Waals surface area contributed by atoms with Crippen molar-refractivity contribution in [2.45, 2.75) is 52.1 Å². The minimum absolute atomic E-state index is 0.157. The average molecular weight is 266 g/mol. The predicted octanol–water partition coefficient (Wildman–Crippen LogP) is 2.06. The first-order chi connectivity index (χ1) is 9.03. The first-order valence-corrected chi connectivity index (χ1v) is 7.41. The topological polar surface area (TPSA) is 33.1 Å². The lowest BCUT2D eigenvalue weighted by atomic mass is 9.85. The Morgan fingerprint density at radius 3 is 2.37 bits per heavy atom. The van der Waals surface area contributed by atoms with Gasteiger partial charge < -0.3 is 9.88 Å². The van der Waals surface area contributed by atoms with E-state index in [0.29, 0.717) is 6.04 Å². The van der Waals surface area contributed by atoms with E-state index in [1.54, 1.807) is 0 Å². The highest BCUT2D eigenvalue weighted by atomic mass is 15.2. The highest BCUT2D eigenvalue weighted by Crippen LogP contribution is 2.25. The number of likely N-dealkylation sites (N-methyl/N-ethyl adjacent to an activating group) is 2. The van der Waals surface area contributed by atoms with Crippen LogP contribution in [0.2, 0.25) is 0 Å². The van der Waals surface area contributed by atoms with E-state index in [4.69, 9.17) is 0 Å². The molecule has 2 atom stereocenters. The fraction of sp³-hybridized carbons (Fsp3) is 0.800. The standard InChI is InChI=1S/C15H30N4/c1-7-15(4,19(8-2)9-3)13(16-5)12-14-17-10-11-18(14)6/h10-11,13,16H,7-9,12H2,1-6H3. The van der Waals surface area contributed by atoms with Crippen LogP contribution in [-0.4, -0.2) is 46.2 Å². The minimum Gasteiger partial charge on any atom is -0.338 e. The van der Waals surface area contributed by atoms with Crippen molar-refractivity contribution in [1.29, 1.82) is 0 Å². The summed E-state index contributed by atoms with van der Waals surface area (Å²) in [5.41, 5.74) is 0.157. The molecule has 2 unspecified atom stereocenters. The molecule has 0 spiro atoms. The molecular weight excluding hydrogens is 236 g/mol. The molecule has 19 heavy (non-hydrogen) atoms. The van der Waals surface area contributed by atoms with Gasteiger partial charge in [0.2, 0.25) is 0 Å². The third-order valence-electron chi connectivity index (χ3n) is 4.61. The van der Waals surface area contributed by atoms with Gasteiger partial charge in [0.05, 0.1) is 0 Å². The second kappa shape index (κ2) is 7.06. The van der Waals surface area contributed by atoms with E-state index in [-0.39, 0.29) is 5.54 Å². The molecule has 0 aliphatic heterocycles. The molecule has 0 radical (unpaired) electrons. The second-order valence-corrected chi connectivity index (χ2v) is 5.38. The maximum Gasteiger partial charge on any atom is 0.109 e. The summed E-state index contributed by atoms with van der Waals surface area (Å²) in [7, 11) is 4.13. The third kappa shape index (κ3) is 3.37. The van der Waals surface area contributed by atoms with Crippen molar-refractivity contribution < 1.29 is 0 Å². The van der Waals surface area contributed by atoms with Crippen LogP contribution >= 0.6 is 0 Å². The number of nitrogens with zero attached hydrogens (tertiary/aromatic N) is 3. The molecule has 0 aliphatic rings. The number of nitrogens with one attached hydrogen (secondary N) is 1. The Hall–Kier alpha value is -0.870. The van der Waals surface area contributed by atoms with Crippen LogP contribution in [0.5, 0.6) is 0 Å². The van der Waals surface area contributed by atoms with E-state index in [9.17, 15) is 0 Å². The third-order valence-corrected chi connectivity index (χ3v) is 4.61. The zero-order chi connectivity index (χ0) is 14.5. The summed E-state index contributed by atoms with van der Waals surface area (Å²) in [6.45, 7) is 11.3. The molecule has 0 saturated carbocycles. The molecule has 110 valence electrons. The van der Waals surface area contributed by atoms with Crippen LogP contribution in [0.15, 0.2) is 12.4 Å². The molecule has 0 saturated heterocycles. The highest BCUT2D eigenvalue weighted by molar-refractivity contribution is 5.03. The van der Waals surface area contributed by atoms with Gasteiger partial charge in [-0.1, -0.05) is 20.8 Å². The number of hydrogen-bond donors (Lipinski definition) is 1. The summed E-state index contributed by atoms with van der Waals surface area (Å²) in [5, 5.41) is 3.51. The van der Waals surface area contributed by atoms with E-state index in [0.717, 1.165) is 31.8 Å². The first-order valence-electron chi connectivity index (χ1n) is 7.41. The first kappa shape index (κ1) is 16.2. The molecule has 0 bridgehead atoms. The quantitative estimate of drug-likeness (QED) is 0.782. The van der Waals surface area contributed by atoms with Crippen molar-refractivity contribution in [3.8, 4) is 0 Å². The van der Waals surface area contributed by atoms with Gasteiger partial charge in [0.15, 0.2) is 0 Å². The molecule has 4 heteroatoms. The summed E-state index contributed by atoms with van der Waals surface area (Å²) in [6.07, 6.45) is 5.98. The van der Waals surface area contributed by atoms with Crippen molar-refractivity contribution in [1.82, 2.24) is 19.8 Å². The SMILES string of the molecule is CCN(CC)C(C)(CC)C(Cc1nccn1C)NC. The molecule has 4 nitrogen and oxygen atoms in total. The number of imidazole rings is 1. The van der Waals surface area contributed by atoms with Crippen LogP contribution in [0.25, 0.3) is 0 Å². The van der Waals surface area contributed by atoms with Gasteiger partial charge in [-0.15, -0.1) is 0 Å². The fourth-order valence-corrected chi connectivity index (χ4v) is 3.05. The molecule has 0 aromatic carbocycles. The number of hydrogen-bond acceptors (Lipinski definition) is 3. The Balaban J connectivity index is 2.95. The van der Waals surface area contributed by atoms with Gasteiger partial charge >= 0.3 is 0 Å². The van der Waals surface area contributed by atoms with E-state index >= 15 is 0 Å². The van der Waals surface area contributed by atoms with Crippen molar-refractivity contribution in [3.05, 3.63) is 18.2 Å². The number of rotatable bonds is 8. The van der Waals surface area contributed by atoms with Crippen LogP contribution in [0.1, 0.15) is 39.9 Å². The van der Waals surface area contributed by atoms with Gasteiger partial charge in [-0.3, -0.25) is 4.90 Å². The van der Waals surface area contributed by atoms with Gasteiger partial charge in [-0.05, 0) is 33.5 Å². The van der Waals surface area contributed by atoms with Crippen LogP contribution in [0.4, 0.5) is 0 Å². The van der Waals surface area contributed by atoms with E-state index in [2.05, 4.69) is 61.6 Å². The zero-order valence-electron chi connectivity index (χ0n) is 13.4. The lowest BCUT2D eigenvalue weighted by molar-refractivity contribution is 0.0720. The largest absolute Gasteiger partial charge is 0.338 e. The molecular formula is C15H30N4. The van der Waals surface area contributed by atoms with Crippen LogP contribution in [0.3, 0.4) is 0 Å². The normalized spacial score (nSPS) is 16.6. The fourth-order valence-electron chi connectivity index (χ4n) is 3.05. The summed E-state index contributed by atoms with van der Waals surface area (Å²) < 4.78 is 2.11. The summed E-state index contributed by atoms with van der Waals surface area (Å²) in [5.74, 6) is 1.14. The monoisotopic (exact) mass is 266 g/mol. The van der Waals surface area contributed by atoms with Crippen molar-refractivity contribution in [3.63, 3.8) is 0 Å². The lowest BCUT2D eigenvalue weighted by Crippen LogP contribution is -2.59. The second-order valence-electron chi connectivity index (χ2n) is 5.38. The number of aromatic nitrogens is 2. The minimum atomic E-state index is 0.157. The van der Waals surface area contributed by atoms with E-state index < -0.39 is 0 Å². The highest BCUT2D eigenvalue weighted by Gasteiger charge is 2.36. The average Bonchev–Trinajstić information content (AvgIpc) is 2.82. The van der Waals surface area contributed by atoms with Crippen molar-refractivity contribution >= 4 is 0 Å². The van der Waals surface area contributed by atoms with E-state index in [1.807, 2.05) is 12.4 Å². The van der Waals surface area contributed by atoms with Crippen molar-refractivity contribution in [2.75, 3.05) is 20.1 Å². The van der Waals surface area contributed by atoms with Crippen LogP contribution in [-0.2, 0) is 13.5 Å². The summed E-state index contributed by atoms with van der Waals surface area (Å²) in [4.78, 5) is 7.02. The van der Waals surface area contributed by atoms with Gasteiger partial charge in [-0.25, -0.2) is 4.98 Å². The Morgan fingerprint density at radius 1 is 1.37 bits per heavy atom. The molecule has 1 aromatic rings. The predicted molar refractivity (Wildman–Crippen MR) is 81.4 cm³/mol. The van der Waals surface area contributed by atoms with E-state index in [1.165, 1.54) is 0 Å². The summed E-state index contributed by atoms with van der Waals surface area (Å²) >= 11 is 0. The Kier molecular flexibility index (Phi) is 6.01. The van der Waals surface area contributed by atoms with Gasteiger partial charge in [0.1, 0.15) is 5.82 Å². The molecule has 1 heterocycles. The van der Waals surface area contributed by atoms with Gasteiger partial charge in [-0.2, -0.15) is 0 Å². The number of aryl methyl sites for hydroxylation is 1. The van der Waals surface area contributed by atoms with Crippen LogP contribution < -0.4 is 5.32 Å². The lowest BCUT2D eigenvalue weighted by Gasteiger charge is -2.45. The molecule has 1 aromatic heterocycles. The van der Waals surface area contributed by atoms with Crippen molar-refractivity contribution in [2.24, 2.45) is 7.05 Å². The zero-order valence-corrected chi connectivity index (χ0v) is 13.4. The maximum absolute atomic E-state index is 4.47. The van der Waals surface area contributed by atoms with Gasteiger partial charge in [0, 0.05) is 37.4 Å². The molecule has 1 rings (SSSR count). The van der Waals surface area contributed by atoms with Gasteiger partial charge in [0.25, 0.3) is 0 Å². The smallest absolute Gasteiger partial charge is 0.109 e. The maximum atomic E-state index is 4.47.